The van der Waals surface area contributed by atoms with Crippen molar-refractivity contribution >= 4 is 11.9 Å². The molecule has 1 saturated heterocycles. The number of aliphatic carboxylic acids is 1. The first-order chi connectivity index (χ1) is 8.34. The zero-order chi connectivity index (χ0) is 13.5. The van der Waals surface area contributed by atoms with Crippen LogP contribution in [0.15, 0.2) is 18.2 Å². The molecular formula is C14H17NO3. The third-order valence-corrected chi connectivity index (χ3v) is 3.73. The molecule has 2 N–H and O–H groups in total. The lowest BCUT2D eigenvalue weighted by Gasteiger charge is -2.29. The fourth-order valence-electron chi connectivity index (χ4n) is 2.74. The van der Waals surface area contributed by atoms with Crippen molar-refractivity contribution in [3.63, 3.8) is 0 Å². The van der Waals surface area contributed by atoms with Gasteiger partial charge in [0.1, 0.15) is 6.04 Å². The van der Waals surface area contributed by atoms with E-state index in [1.807, 2.05) is 39.0 Å². The standard InChI is InChI=1S/C14H17NO3/c1-8-4-5-9(2)10(6-8)14(3)7-11(16)15-12(14)13(17)18/h4-6,12H,7H2,1-3H3,(H,15,16)(H,17,18). The van der Waals surface area contributed by atoms with E-state index in [2.05, 4.69) is 5.32 Å². The Hall–Kier alpha value is -1.84. The Morgan fingerprint density at radius 3 is 2.72 bits per heavy atom. The van der Waals surface area contributed by atoms with Gasteiger partial charge in [0.15, 0.2) is 0 Å². The van der Waals surface area contributed by atoms with Crippen LogP contribution in [0, 0.1) is 13.8 Å². The molecule has 0 radical (unpaired) electrons. The summed E-state index contributed by atoms with van der Waals surface area (Å²) < 4.78 is 0. The largest absolute Gasteiger partial charge is 0.480 e. The van der Waals surface area contributed by atoms with Crippen LogP contribution in [0.3, 0.4) is 0 Å². The molecule has 18 heavy (non-hydrogen) atoms. The minimum Gasteiger partial charge on any atom is -0.480 e. The summed E-state index contributed by atoms with van der Waals surface area (Å²) in [5.74, 6) is -1.19. The van der Waals surface area contributed by atoms with Gasteiger partial charge in [-0.05, 0) is 25.0 Å². The molecule has 0 bridgehead atoms. The van der Waals surface area contributed by atoms with E-state index in [0.29, 0.717) is 0 Å². The zero-order valence-electron chi connectivity index (χ0n) is 10.8. The van der Waals surface area contributed by atoms with Crippen molar-refractivity contribution in [2.24, 2.45) is 0 Å². The van der Waals surface area contributed by atoms with E-state index in [1.165, 1.54) is 0 Å². The molecule has 1 aromatic carbocycles. The van der Waals surface area contributed by atoms with Crippen LogP contribution in [-0.2, 0) is 15.0 Å². The third kappa shape index (κ3) is 1.88. The molecule has 1 amide bonds. The number of hydrogen-bond donors (Lipinski definition) is 2. The number of carbonyl (C=O) groups is 2. The monoisotopic (exact) mass is 247 g/mol. The molecule has 1 heterocycles. The quantitative estimate of drug-likeness (QED) is 0.833. The van der Waals surface area contributed by atoms with Crippen molar-refractivity contribution in [2.75, 3.05) is 0 Å². The maximum atomic E-state index is 11.6. The Balaban J connectivity index is 2.55. The van der Waals surface area contributed by atoms with Crippen LogP contribution in [-0.4, -0.2) is 23.0 Å². The normalized spacial score (nSPS) is 27.1. The van der Waals surface area contributed by atoms with Gasteiger partial charge in [0, 0.05) is 11.8 Å². The smallest absolute Gasteiger partial charge is 0.327 e. The lowest BCUT2D eigenvalue weighted by Crippen LogP contribution is -2.45. The maximum Gasteiger partial charge on any atom is 0.327 e. The van der Waals surface area contributed by atoms with Crippen molar-refractivity contribution in [1.82, 2.24) is 5.32 Å². The van der Waals surface area contributed by atoms with Crippen LogP contribution in [0.4, 0.5) is 0 Å². The molecule has 2 unspecified atom stereocenters. The van der Waals surface area contributed by atoms with Crippen molar-refractivity contribution in [1.29, 1.82) is 0 Å². The molecule has 1 aromatic rings. The van der Waals surface area contributed by atoms with E-state index >= 15 is 0 Å². The number of nitrogens with one attached hydrogen (secondary N) is 1. The number of rotatable bonds is 2. The number of hydrogen-bond acceptors (Lipinski definition) is 2. The van der Waals surface area contributed by atoms with Crippen LogP contribution in [0.25, 0.3) is 0 Å². The minimum absolute atomic E-state index is 0.203. The molecule has 1 aliphatic rings. The number of carboxylic acid groups (broad SMARTS) is 1. The van der Waals surface area contributed by atoms with E-state index in [1.54, 1.807) is 0 Å². The number of amides is 1. The van der Waals surface area contributed by atoms with Gasteiger partial charge in [0.2, 0.25) is 5.91 Å². The molecule has 0 aromatic heterocycles. The molecule has 0 spiro atoms. The summed E-state index contributed by atoms with van der Waals surface area (Å²) in [7, 11) is 0. The fourth-order valence-corrected chi connectivity index (χ4v) is 2.74. The average molecular weight is 247 g/mol. The van der Waals surface area contributed by atoms with Gasteiger partial charge in [-0.2, -0.15) is 0 Å². The predicted molar refractivity (Wildman–Crippen MR) is 67.5 cm³/mol. The molecule has 1 aliphatic heterocycles. The van der Waals surface area contributed by atoms with E-state index in [0.717, 1.165) is 16.7 Å². The van der Waals surface area contributed by atoms with Crippen LogP contribution in [0.2, 0.25) is 0 Å². The third-order valence-electron chi connectivity index (χ3n) is 3.73. The summed E-state index contributed by atoms with van der Waals surface area (Å²) in [5.41, 5.74) is 2.35. The Morgan fingerprint density at radius 2 is 2.11 bits per heavy atom. The number of benzene rings is 1. The molecule has 2 rings (SSSR count). The van der Waals surface area contributed by atoms with Gasteiger partial charge < -0.3 is 10.4 Å². The summed E-state index contributed by atoms with van der Waals surface area (Å²) in [6.45, 7) is 5.75. The molecule has 0 aliphatic carbocycles. The first-order valence-electron chi connectivity index (χ1n) is 5.94. The summed E-state index contributed by atoms with van der Waals surface area (Å²) in [4.78, 5) is 22.9. The molecule has 2 atom stereocenters. The van der Waals surface area contributed by atoms with Gasteiger partial charge in [-0.15, -0.1) is 0 Å². The van der Waals surface area contributed by atoms with E-state index < -0.39 is 17.4 Å². The molecule has 1 fully saturated rings. The number of carboxylic acids is 1. The summed E-state index contributed by atoms with van der Waals surface area (Å²) in [6, 6.07) is 5.08. The van der Waals surface area contributed by atoms with Gasteiger partial charge in [0.25, 0.3) is 0 Å². The second-order valence-electron chi connectivity index (χ2n) is 5.25. The maximum absolute atomic E-state index is 11.6. The Bertz CT molecular complexity index is 524. The van der Waals surface area contributed by atoms with Crippen molar-refractivity contribution < 1.29 is 14.7 Å². The first-order valence-corrected chi connectivity index (χ1v) is 5.94. The summed E-state index contributed by atoms with van der Waals surface area (Å²) in [6.07, 6.45) is 0.217. The lowest BCUT2D eigenvalue weighted by molar-refractivity contribution is -0.141. The van der Waals surface area contributed by atoms with Gasteiger partial charge in [0.05, 0.1) is 0 Å². The van der Waals surface area contributed by atoms with Gasteiger partial charge in [-0.3, -0.25) is 4.79 Å². The van der Waals surface area contributed by atoms with Gasteiger partial charge in [-0.25, -0.2) is 4.79 Å². The highest BCUT2D eigenvalue weighted by Crippen LogP contribution is 2.38. The molecular weight excluding hydrogens is 230 g/mol. The van der Waals surface area contributed by atoms with Crippen molar-refractivity contribution in [2.45, 2.75) is 38.6 Å². The zero-order valence-corrected chi connectivity index (χ0v) is 10.8. The summed E-state index contributed by atoms with van der Waals surface area (Å²) in [5, 5.41) is 11.8. The van der Waals surface area contributed by atoms with Crippen LogP contribution >= 0.6 is 0 Å². The van der Waals surface area contributed by atoms with Crippen LogP contribution in [0.1, 0.15) is 30.0 Å². The highest BCUT2D eigenvalue weighted by molar-refractivity contribution is 5.91. The molecule has 0 saturated carbocycles. The minimum atomic E-state index is -0.982. The Kier molecular flexibility index (Phi) is 2.89. The van der Waals surface area contributed by atoms with Crippen LogP contribution in [0.5, 0.6) is 0 Å². The van der Waals surface area contributed by atoms with Gasteiger partial charge >= 0.3 is 5.97 Å². The predicted octanol–water partition coefficient (Wildman–Crippen LogP) is 1.53. The second kappa shape index (κ2) is 4.12. The first kappa shape index (κ1) is 12.6. The van der Waals surface area contributed by atoms with Crippen molar-refractivity contribution in [3.8, 4) is 0 Å². The lowest BCUT2D eigenvalue weighted by atomic mass is 9.74. The highest BCUT2D eigenvalue weighted by atomic mass is 16.4. The van der Waals surface area contributed by atoms with Crippen molar-refractivity contribution in [3.05, 3.63) is 34.9 Å². The number of aryl methyl sites for hydroxylation is 2. The topological polar surface area (TPSA) is 66.4 Å². The van der Waals surface area contributed by atoms with E-state index in [-0.39, 0.29) is 12.3 Å². The van der Waals surface area contributed by atoms with E-state index in [4.69, 9.17) is 0 Å². The number of carbonyl (C=O) groups excluding carboxylic acids is 1. The molecule has 4 heteroatoms. The average Bonchev–Trinajstić information content (AvgIpc) is 2.59. The highest BCUT2D eigenvalue weighted by Gasteiger charge is 2.49. The second-order valence-corrected chi connectivity index (χ2v) is 5.25. The Labute approximate surface area is 106 Å². The summed E-state index contributed by atoms with van der Waals surface area (Å²) >= 11 is 0. The van der Waals surface area contributed by atoms with Crippen LogP contribution < -0.4 is 5.32 Å². The molecule has 96 valence electrons. The Morgan fingerprint density at radius 1 is 1.44 bits per heavy atom. The van der Waals surface area contributed by atoms with Gasteiger partial charge in [-0.1, -0.05) is 30.7 Å². The SMILES string of the molecule is Cc1ccc(C)c(C2(C)CC(=O)NC2C(=O)O)c1. The fraction of sp³-hybridized carbons (Fsp3) is 0.429. The van der Waals surface area contributed by atoms with E-state index in [9.17, 15) is 14.7 Å². The molecule has 4 nitrogen and oxygen atoms in total.